The molecule has 0 bridgehead atoms. The van der Waals surface area contributed by atoms with Crippen molar-refractivity contribution in [3.8, 4) is 0 Å². The number of nitrogens with zero attached hydrogens (tertiary/aromatic N) is 1. The average Bonchev–Trinajstić information content (AvgIpc) is 3.29. The van der Waals surface area contributed by atoms with Gasteiger partial charge in [-0.05, 0) is 50.5 Å². The number of carbonyl (C=O) groups is 1. The Bertz CT molecular complexity index is 434. The first-order chi connectivity index (χ1) is 9.25. The fourth-order valence-corrected chi connectivity index (χ4v) is 2.95. The summed E-state index contributed by atoms with van der Waals surface area (Å²) in [6, 6.07) is 11.4. The Morgan fingerprint density at radius 2 is 1.89 bits per heavy atom. The molecule has 0 saturated heterocycles. The lowest BCUT2D eigenvalue weighted by Gasteiger charge is -2.29. The average molecular weight is 257 g/mol. The molecule has 2 heteroatoms. The fraction of sp³-hybridized carbons (Fsp3) is 0.588. The van der Waals surface area contributed by atoms with E-state index in [1.165, 1.54) is 31.2 Å². The summed E-state index contributed by atoms with van der Waals surface area (Å²) in [5.41, 5.74) is 1.27. The molecule has 0 heterocycles. The molecule has 2 fully saturated rings. The molecule has 1 aromatic carbocycles. The van der Waals surface area contributed by atoms with Crippen molar-refractivity contribution in [3.63, 3.8) is 0 Å². The summed E-state index contributed by atoms with van der Waals surface area (Å²) in [6.45, 7) is 2.25. The van der Waals surface area contributed by atoms with Crippen molar-refractivity contribution in [1.82, 2.24) is 4.90 Å². The Morgan fingerprint density at radius 1 is 1.21 bits per heavy atom. The van der Waals surface area contributed by atoms with Gasteiger partial charge in [-0.25, -0.2) is 0 Å². The van der Waals surface area contributed by atoms with E-state index < -0.39 is 0 Å². The highest BCUT2D eigenvalue weighted by Crippen LogP contribution is 2.40. The van der Waals surface area contributed by atoms with Gasteiger partial charge in [-0.1, -0.05) is 30.3 Å². The van der Waals surface area contributed by atoms with Crippen LogP contribution in [0, 0.1) is 5.92 Å². The molecule has 3 rings (SSSR count). The molecule has 1 unspecified atom stereocenters. The molecule has 1 amide bonds. The van der Waals surface area contributed by atoms with Gasteiger partial charge in [0.15, 0.2) is 0 Å². The van der Waals surface area contributed by atoms with E-state index in [-0.39, 0.29) is 0 Å². The lowest BCUT2D eigenvalue weighted by atomic mass is 10.1. The zero-order valence-corrected chi connectivity index (χ0v) is 11.7. The summed E-state index contributed by atoms with van der Waals surface area (Å²) in [4.78, 5) is 14.7. The van der Waals surface area contributed by atoms with Crippen LogP contribution in [0.2, 0.25) is 0 Å². The minimum atomic E-state index is 0.366. The smallest absolute Gasteiger partial charge is 0.223 e. The summed E-state index contributed by atoms with van der Waals surface area (Å²) in [5, 5.41) is 0. The van der Waals surface area contributed by atoms with Crippen molar-refractivity contribution < 1.29 is 4.79 Å². The molecule has 2 saturated carbocycles. The zero-order valence-electron chi connectivity index (χ0n) is 11.7. The van der Waals surface area contributed by atoms with E-state index >= 15 is 0 Å². The highest BCUT2D eigenvalue weighted by Gasteiger charge is 2.41. The molecule has 102 valence electrons. The first-order valence-electron chi connectivity index (χ1n) is 7.61. The highest BCUT2D eigenvalue weighted by atomic mass is 16.2. The number of hydrogen-bond acceptors (Lipinski definition) is 1. The lowest BCUT2D eigenvalue weighted by molar-refractivity contribution is -0.134. The largest absolute Gasteiger partial charge is 0.337 e. The van der Waals surface area contributed by atoms with Crippen LogP contribution in [0.5, 0.6) is 0 Å². The normalized spacial score (nSPS) is 20.1. The first-order valence-corrected chi connectivity index (χ1v) is 7.61. The second-order valence-corrected chi connectivity index (χ2v) is 6.10. The van der Waals surface area contributed by atoms with Crippen molar-refractivity contribution >= 4 is 5.91 Å². The number of rotatable bonds is 6. The monoisotopic (exact) mass is 257 g/mol. The zero-order chi connectivity index (χ0) is 13.2. The maximum atomic E-state index is 12.5. The van der Waals surface area contributed by atoms with Crippen LogP contribution in [-0.4, -0.2) is 22.9 Å². The van der Waals surface area contributed by atoms with Gasteiger partial charge in [0.05, 0.1) is 0 Å². The van der Waals surface area contributed by atoms with Crippen LogP contribution in [-0.2, 0) is 11.2 Å². The van der Waals surface area contributed by atoms with E-state index in [9.17, 15) is 4.79 Å². The van der Waals surface area contributed by atoms with Crippen LogP contribution in [0.15, 0.2) is 30.3 Å². The second kappa shape index (κ2) is 5.36. The predicted octanol–water partition coefficient (Wildman–Crippen LogP) is 3.41. The molecule has 1 atom stereocenters. The minimum Gasteiger partial charge on any atom is -0.337 e. The summed E-state index contributed by atoms with van der Waals surface area (Å²) < 4.78 is 0. The summed E-state index contributed by atoms with van der Waals surface area (Å²) in [6.07, 6.45) is 6.60. The van der Waals surface area contributed by atoms with Crippen LogP contribution < -0.4 is 0 Å². The molecule has 19 heavy (non-hydrogen) atoms. The Morgan fingerprint density at radius 3 is 2.47 bits per heavy atom. The summed E-state index contributed by atoms with van der Waals surface area (Å²) >= 11 is 0. The molecule has 1 aromatic rings. The first kappa shape index (κ1) is 12.7. The molecule has 0 aliphatic heterocycles. The topological polar surface area (TPSA) is 20.3 Å². The van der Waals surface area contributed by atoms with E-state index in [0.29, 0.717) is 24.4 Å². The molecule has 0 radical (unpaired) electrons. The fourth-order valence-electron chi connectivity index (χ4n) is 2.95. The Balaban J connectivity index is 1.58. The van der Waals surface area contributed by atoms with E-state index in [1.54, 1.807) is 0 Å². The van der Waals surface area contributed by atoms with Gasteiger partial charge in [-0.15, -0.1) is 0 Å². The van der Waals surface area contributed by atoms with Crippen LogP contribution >= 0.6 is 0 Å². The van der Waals surface area contributed by atoms with Gasteiger partial charge in [0.25, 0.3) is 0 Å². The van der Waals surface area contributed by atoms with Crippen LogP contribution in [0.4, 0.5) is 0 Å². The van der Waals surface area contributed by atoms with Crippen molar-refractivity contribution in [3.05, 3.63) is 35.9 Å². The van der Waals surface area contributed by atoms with Crippen molar-refractivity contribution in [2.24, 2.45) is 5.92 Å². The van der Waals surface area contributed by atoms with E-state index in [2.05, 4.69) is 24.0 Å². The Labute approximate surface area is 115 Å². The highest BCUT2D eigenvalue weighted by molar-refractivity contribution is 5.77. The summed E-state index contributed by atoms with van der Waals surface area (Å²) in [7, 11) is 0. The Kier molecular flexibility index (Phi) is 3.58. The summed E-state index contributed by atoms with van der Waals surface area (Å²) in [5.74, 6) is 1.15. The standard InChI is InChI=1S/C17H23NO/c1-13(15-8-9-15)18(16-10-11-16)17(19)12-7-14-5-3-2-4-6-14/h2-6,13,15-16H,7-12H2,1H3. The number of hydrogen-bond donors (Lipinski definition) is 0. The van der Waals surface area contributed by atoms with Crippen LogP contribution in [0.3, 0.4) is 0 Å². The third-order valence-corrected chi connectivity index (χ3v) is 4.44. The molecule has 0 spiro atoms. The van der Waals surface area contributed by atoms with Gasteiger partial charge in [-0.2, -0.15) is 0 Å². The number of carbonyl (C=O) groups excluding carboxylic acids is 1. The quantitative estimate of drug-likeness (QED) is 0.764. The van der Waals surface area contributed by atoms with Gasteiger partial charge < -0.3 is 4.90 Å². The molecular formula is C17H23NO. The van der Waals surface area contributed by atoms with E-state index in [1.807, 2.05) is 18.2 Å². The molecule has 0 N–H and O–H groups in total. The second-order valence-electron chi connectivity index (χ2n) is 6.10. The number of amides is 1. The van der Waals surface area contributed by atoms with Crippen molar-refractivity contribution in [1.29, 1.82) is 0 Å². The van der Waals surface area contributed by atoms with Gasteiger partial charge in [0.2, 0.25) is 5.91 Å². The third kappa shape index (κ3) is 3.17. The number of benzene rings is 1. The molecular weight excluding hydrogens is 234 g/mol. The van der Waals surface area contributed by atoms with E-state index in [0.717, 1.165) is 12.3 Å². The molecule has 0 aromatic heterocycles. The molecule has 2 aliphatic rings. The van der Waals surface area contributed by atoms with E-state index in [4.69, 9.17) is 0 Å². The molecule has 2 nitrogen and oxygen atoms in total. The Hall–Kier alpha value is -1.31. The van der Waals surface area contributed by atoms with Crippen LogP contribution in [0.25, 0.3) is 0 Å². The number of aryl methyl sites for hydroxylation is 1. The van der Waals surface area contributed by atoms with Crippen LogP contribution in [0.1, 0.15) is 44.6 Å². The third-order valence-electron chi connectivity index (χ3n) is 4.44. The predicted molar refractivity (Wildman–Crippen MR) is 76.8 cm³/mol. The van der Waals surface area contributed by atoms with Crippen molar-refractivity contribution in [2.45, 2.75) is 57.5 Å². The minimum absolute atomic E-state index is 0.366. The lowest BCUT2D eigenvalue weighted by Crippen LogP contribution is -2.41. The maximum Gasteiger partial charge on any atom is 0.223 e. The maximum absolute atomic E-state index is 12.5. The van der Waals surface area contributed by atoms with Gasteiger partial charge in [-0.3, -0.25) is 4.79 Å². The van der Waals surface area contributed by atoms with Gasteiger partial charge in [0.1, 0.15) is 0 Å². The molecule has 2 aliphatic carbocycles. The van der Waals surface area contributed by atoms with Gasteiger partial charge >= 0.3 is 0 Å². The SMILES string of the molecule is CC(C1CC1)N(C(=O)CCc1ccccc1)C1CC1. The van der Waals surface area contributed by atoms with Crippen molar-refractivity contribution in [2.75, 3.05) is 0 Å². The van der Waals surface area contributed by atoms with Gasteiger partial charge in [0, 0.05) is 18.5 Å².